The van der Waals surface area contributed by atoms with Crippen LogP contribution in [0.2, 0.25) is 0 Å². The van der Waals surface area contributed by atoms with Crippen molar-refractivity contribution in [3.63, 3.8) is 0 Å². The summed E-state index contributed by atoms with van der Waals surface area (Å²) in [5.41, 5.74) is 10.4. The van der Waals surface area contributed by atoms with Crippen LogP contribution in [0.25, 0.3) is 0 Å². The predicted octanol–water partition coefficient (Wildman–Crippen LogP) is 3.10. The van der Waals surface area contributed by atoms with Crippen molar-refractivity contribution in [2.45, 2.75) is 51.0 Å². The molecule has 1 aromatic rings. The fraction of sp³-hybridized carbons (Fsp3) is 0.625. The molecular weight excluding hydrogens is 220 g/mol. The Morgan fingerprint density at radius 1 is 1.11 bits per heavy atom. The minimum absolute atomic E-state index is 0.600. The normalized spacial score (nSPS) is 26.9. The third kappa shape index (κ3) is 2.26. The Morgan fingerprint density at radius 2 is 2.00 bits per heavy atom. The Balaban J connectivity index is 1.80. The van der Waals surface area contributed by atoms with Gasteiger partial charge in [-0.1, -0.05) is 18.6 Å². The van der Waals surface area contributed by atoms with Gasteiger partial charge in [-0.15, -0.1) is 0 Å². The molecule has 3 rings (SSSR count). The zero-order valence-corrected chi connectivity index (χ0v) is 11.1. The molecule has 2 atom stereocenters. The quantitative estimate of drug-likeness (QED) is 0.857. The highest BCUT2D eigenvalue weighted by Crippen LogP contribution is 2.32. The first-order chi connectivity index (χ1) is 8.88. The van der Waals surface area contributed by atoms with E-state index in [1.165, 1.54) is 50.6 Å². The van der Waals surface area contributed by atoms with Crippen LogP contribution in [0, 0.1) is 5.92 Å². The minimum atomic E-state index is 0.600. The number of nitrogens with two attached hydrogens (primary N) is 1. The number of fused-ring (bicyclic) bond motifs is 1. The van der Waals surface area contributed by atoms with E-state index in [1.54, 1.807) is 11.1 Å². The van der Waals surface area contributed by atoms with Gasteiger partial charge in [-0.25, -0.2) is 0 Å². The molecule has 2 nitrogen and oxygen atoms in total. The Labute approximate surface area is 110 Å². The second-order valence-corrected chi connectivity index (χ2v) is 5.83. The lowest BCUT2D eigenvalue weighted by molar-refractivity contribution is 0.516. The summed E-state index contributed by atoms with van der Waals surface area (Å²) in [5, 5.41) is 3.79. The van der Waals surface area contributed by atoms with E-state index in [2.05, 4.69) is 23.5 Å². The number of rotatable bonds is 3. The van der Waals surface area contributed by atoms with Crippen LogP contribution >= 0.6 is 0 Å². The van der Waals surface area contributed by atoms with Gasteiger partial charge in [0.25, 0.3) is 0 Å². The summed E-state index contributed by atoms with van der Waals surface area (Å²) in [6, 6.07) is 7.37. The molecule has 1 fully saturated rings. The molecule has 0 spiro atoms. The third-order valence-electron chi connectivity index (χ3n) is 4.70. The summed E-state index contributed by atoms with van der Waals surface area (Å²) in [6.07, 6.45) is 9.11. The summed E-state index contributed by atoms with van der Waals surface area (Å²) < 4.78 is 0. The van der Waals surface area contributed by atoms with Crippen molar-refractivity contribution < 1.29 is 0 Å². The van der Waals surface area contributed by atoms with E-state index in [0.29, 0.717) is 12.0 Å². The van der Waals surface area contributed by atoms with E-state index in [-0.39, 0.29) is 0 Å². The van der Waals surface area contributed by atoms with Gasteiger partial charge < -0.3 is 11.1 Å². The van der Waals surface area contributed by atoms with Crippen molar-refractivity contribution in [1.82, 2.24) is 0 Å². The summed E-state index contributed by atoms with van der Waals surface area (Å²) in [5.74, 6) is 0.671. The summed E-state index contributed by atoms with van der Waals surface area (Å²) in [7, 11) is 0. The van der Waals surface area contributed by atoms with Crippen LogP contribution in [0.1, 0.15) is 43.2 Å². The molecule has 98 valence electrons. The molecule has 2 heteroatoms. The highest BCUT2D eigenvalue weighted by Gasteiger charge is 2.26. The third-order valence-corrected chi connectivity index (χ3v) is 4.70. The van der Waals surface area contributed by atoms with Gasteiger partial charge in [0, 0.05) is 11.7 Å². The number of nitrogens with one attached hydrogen (secondary N) is 1. The van der Waals surface area contributed by atoms with Gasteiger partial charge in [-0.05, 0) is 68.2 Å². The maximum Gasteiger partial charge on any atom is 0.0377 e. The standard InChI is InChI=1S/C16H24N2/c17-11-13-7-4-9-15(13)18-16-10-3-6-12-5-1-2-8-14(12)16/h3,6,10,13,15,18H,1-2,4-5,7-9,11,17H2. The molecule has 0 radical (unpaired) electrons. The SMILES string of the molecule is NCC1CCCC1Nc1cccc2c1CCCC2. The van der Waals surface area contributed by atoms with Crippen LogP contribution in [0.15, 0.2) is 18.2 Å². The van der Waals surface area contributed by atoms with E-state index >= 15 is 0 Å². The second kappa shape index (κ2) is 5.31. The first-order valence-corrected chi connectivity index (χ1v) is 7.46. The molecule has 0 aliphatic heterocycles. The number of aryl methyl sites for hydroxylation is 1. The Morgan fingerprint density at radius 3 is 2.89 bits per heavy atom. The smallest absolute Gasteiger partial charge is 0.0377 e. The molecule has 2 aliphatic carbocycles. The van der Waals surface area contributed by atoms with Crippen LogP contribution in [0.4, 0.5) is 5.69 Å². The number of anilines is 1. The molecule has 0 heterocycles. The zero-order valence-electron chi connectivity index (χ0n) is 11.1. The first kappa shape index (κ1) is 12.0. The molecule has 1 saturated carbocycles. The van der Waals surface area contributed by atoms with Crippen molar-refractivity contribution >= 4 is 5.69 Å². The molecule has 0 saturated heterocycles. The maximum absolute atomic E-state index is 5.88. The lowest BCUT2D eigenvalue weighted by Gasteiger charge is -2.25. The predicted molar refractivity (Wildman–Crippen MR) is 76.9 cm³/mol. The van der Waals surface area contributed by atoms with E-state index in [1.807, 2.05) is 0 Å². The van der Waals surface area contributed by atoms with Gasteiger partial charge in [-0.2, -0.15) is 0 Å². The van der Waals surface area contributed by atoms with Crippen molar-refractivity contribution in [1.29, 1.82) is 0 Å². The highest BCUT2D eigenvalue weighted by atomic mass is 14.9. The fourth-order valence-electron chi connectivity index (χ4n) is 3.63. The van der Waals surface area contributed by atoms with Gasteiger partial charge in [-0.3, -0.25) is 0 Å². The lowest BCUT2D eigenvalue weighted by atomic mass is 9.90. The van der Waals surface area contributed by atoms with Gasteiger partial charge in [0.05, 0.1) is 0 Å². The maximum atomic E-state index is 5.88. The van der Waals surface area contributed by atoms with Gasteiger partial charge in [0.1, 0.15) is 0 Å². The van der Waals surface area contributed by atoms with Gasteiger partial charge >= 0.3 is 0 Å². The molecule has 18 heavy (non-hydrogen) atoms. The molecule has 3 N–H and O–H groups in total. The number of hydrogen-bond donors (Lipinski definition) is 2. The van der Waals surface area contributed by atoms with Crippen molar-refractivity contribution in [3.8, 4) is 0 Å². The van der Waals surface area contributed by atoms with Gasteiger partial charge in [0.15, 0.2) is 0 Å². The number of hydrogen-bond acceptors (Lipinski definition) is 2. The average molecular weight is 244 g/mol. The Hall–Kier alpha value is -1.02. The Bertz CT molecular complexity index is 414. The topological polar surface area (TPSA) is 38.0 Å². The molecule has 1 aromatic carbocycles. The molecule has 2 unspecified atom stereocenters. The second-order valence-electron chi connectivity index (χ2n) is 5.83. The van der Waals surface area contributed by atoms with Crippen LogP contribution in [-0.2, 0) is 12.8 Å². The van der Waals surface area contributed by atoms with E-state index in [9.17, 15) is 0 Å². The van der Waals surface area contributed by atoms with Crippen molar-refractivity contribution in [3.05, 3.63) is 29.3 Å². The molecule has 0 bridgehead atoms. The average Bonchev–Trinajstić information content (AvgIpc) is 2.86. The zero-order chi connectivity index (χ0) is 12.4. The van der Waals surface area contributed by atoms with Crippen molar-refractivity contribution in [2.24, 2.45) is 11.7 Å². The van der Waals surface area contributed by atoms with Crippen LogP contribution < -0.4 is 11.1 Å². The minimum Gasteiger partial charge on any atom is -0.382 e. The van der Waals surface area contributed by atoms with E-state index in [4.69, 9.17) is 5.73 Å². The van der Waals surface area contributed by atoms with E-state index in [0.717, 1.165) is 6.54 Å². The summed E-state index contributed by atoms with van der Waals surface area (Å²) >= 11 is 0. The monoisotopic (exact) mass is 244 g/mol. The van der Waals surface area contributed by atoms with E-state index < -0.39 is 0 Å². The largest absolute Gasteiger partial charge is 0.382 e. The fourth-order valence-corrected chi connectivity index (χ4v) is 3.63. The van der Waals surface area contributed by atoms with Crippen LogP contribution in [0.3, 0.4) is 0 Å². The van der Waals surface area contributed by atoms with Gasteiger partial charge in [0.2, 0.25) is 0 Å². The molecular formula is C16H24N2. The Kier molecular flexibility index (Phi) is 3.55. The molecule has 0 amide bonds. The van der Waals surface area contributed by atoms with Crippen LogP contribution in [0.5, 0.6) is 0 Å². The highest BCUT2D eigenvalue weighted by molar-refractivity contribution is 5.56. The summed E-state index contributed by atoms with van der Waals surface area (Å²) in [4.78, 5) is 0. The molecule has 2 aliphatic rings. The number of benzene rings is 1. The molecule has 0 aromatic heterocycles. The first-order valence-electron chi connectivity index (χ1n) is 7.46. The van der Waals surface area contributed by atoms with Crippen molar-refractivity contribution in [2.75, 3.05) is 11.9 Å². The lowest BCUT2D eigenvalue weighted by Crippen LogP contribution is -2.30. The summed E-state index contributed by atoms with van der Waals surface area (Å²) in [6.45, 7) is 0.826. The van der Waals surface area contributed by atoms with Crippen LogP contribution in [-0.4, -0.2) is 12.6 Å².